The van der Waals surface area contributed by atoms with Crippen LogP contribution in [0.3, 0.4) is 0 Å². The Morgan fingerprint density at radius 2 is 2.14 bits per heavy atom. The standard InChI is InChI=1S/C15H17BrN4O/c1-10(21)19-12-3-6-20(7-4-12)14-2-5-17-13-8-11(16)9-18-15(13)14/h2,5,8-9,12H,3-4,6-7H2,1H3,(H,19,21). The van der Waals surface area contributed by atoms with Gasteiger partial charge >= 0.3 is 0 Å². The zero-order valence-corrected chi connectivity index (χ0v) is 13.4. The van der Waals surface area contributed by atoms with E-state index in [0.29, 0.717) is 0 Å². The highest BCUT2D eigenvalue weighted by molar-refractivity contribution is 9.10. The second-order valence-electron chi connectivity index (χ2n) is 5.31. The molecule has 0 aliphatic carbocycles. The van der Waals surface area contributed by atoms with Crippen molar-refractivity contribution in [3.8, 4) is 0 Å². The zero-order valence-electron chi connectivity index (χ0n) is 11.8. The third-order valence-corrected chi connectivity index (χ3v) is 4.20. The normalized spacial score (nSPS) is 16.2. The van der Waals surface area contributed by atoms with Crippen molar-refractivity contribution in [1.82, 2.24) is 15.3 Å². The average Bonchev–Trinajstić information content (AvgIpc) is 2.46. The van der Waals surface area contributed by atoms with Gasteiger partial charge in [-0.05, 0) is 40.9 Å². The van der Waals surface area contributed by atoms with Gasteiger partial charge in [0, 0.05) is 42.9 Å². The molecule has 0 aromatic carbocycles. The summed E-state index contributed by atoms with van der Waals surface area (Å²) < 4.78 is 0.934. The second-order valence-corrected chi connectivity index (χ2v) is 6.23. The molecule has 2 aromatic heterocycles. The van der Waals surface area contributed by atoms with Crippen molar-refractivity contribution in [3.63, 3.8) is 0 Å². The van der Waals surface area contributed by atoms with Crippen LogP contribution in [0.2, 0.25) is 0 Å². The van der Waals surface area contributed by atoms with Gasteiger partial charge in [-0.15, -0.1) is 0 Å². The van der Waals surface area contributed by atoms with Crippen LogP contribution < -0.4 is 10.2 Å². The van der Waals surface area contributed by atoms with Crippen molar-refractivity contribution < 1.29 is 4.79 Å². The number of nitrogens with one attached hydrogen (secondary N) is 1. The monoisotopic (exact) mass is 348 g/mol. The van der Waals surface area contributed by atoms with Crippen molar-refractivity contribution in [3.05, 3.63) is 29.0 Å². The molecule has 1 fully saturated rings. The molecule has 110 valence electrons. The molecule has 5 nitrogen and oxygen atoms in total. The minimum atomic E-state index is 0.0503. The smallest absolute Gasteiger partial charge is 0.217 e. The van der Waals surface area contributed by atoms with Crippen LogP contribution in [0.25, 0.3) is 11.0 Å². The number of aromatic nitrogens is 2. The van der Waals surface area contributed by atoms with Gasteiger partial charge in [-0.25, -0.2) is 0 Å². The number of hydrogen-bond donors (Lipinski definition) is 1. The molecule has 1 aliphatic rings. The van der Waals surface area contributed by atoms with Crippen molar-refractivity contribution >= 4 is 38.6 Å². The van der Waals surface area contributed by atoms with E-state index in [9.17, 15) is 4.79 Å². The second kappa shape index (κ2) is 5.97. The summed E-state index contributed by atoms with van der Waals surface area (Å²) in [5.74, 6) is 0.0503. The summed E-state index contributed by atoms with van der Waals surface area (Å²) in [6.45, 7) is 3.41. The molecule has 2 aromatic rings. The molecule has 1 N–H and O–H groups in total. The molecule has 3 heterocycles. The minimum absolute atomic E-state index is 0.0503. The number of nitrogens with zero attached hydrogens (tertiary/aromatic N) is 3. The third-order valence-electron chi connectivity index (χ3n) is 3.77. The summed E-state index contributed by atoms with van der Waals surface area (Å²) in [6.07, 6.45) is 5.54. The highest BCUT2D eigenvalue weighted by Crippen LogP contribution is 2.27. The van der Waals surface area contributed by atoms with Gasteiger partial charge < -0.3 is 10.2 Å². The highest BCUT2D eigenvalue weighted by Gasteiger charge is 2.21. The molecule has 1 saturated heterocycles. The molecule has 21 heavy (non-hydrogen) atoms. The fourth-order valence-corrected chi connectivity index (χ4v) is 3.12. The number of halogens is 1. The number of fused-ring (bicyclic) bond motifs is 1. The van der Waals surface area contributed by atoms with E-state index in [1.807, 2.05) is 18.3 Å². The maximum absolute atomic E-state index is 11.1. The number of rotatable bonds is 2. The quantitative estimate of drug-likeness (QED) is 0.905. The first-order chi connectivity index (χ1) is 10.1. The van der Waals surface area contributed by atoms with Crippen molar-refractivity contribution in [2.24, 2.45) is 0 Å². The lowest BCUT2D eigenvalue weighted by molar-refractivity contribution is -0.119. The molecular weight excluding hydrogens is 332 g/mol. The van der Waals surface area contributed by atoms with Crippen molar-refractivity contribution in [2.75, 3.05) is 18.0 Å². The molecule has 1 amide bonds. The molecule has 0 saturated carbocycles. The number of carbonyl (C=O) groups is 1. The van der Waals surface area contributed by atoms with Gasteiger partial charge in [0.25, 0.3) is 0 Å². The van der Waals surface area contributed by atoms with E-state index < -0.39 is 0 Å². The lowest BCUT2D eigenvalue weighted by Gasteiger charge is -2.34. The van der Waals surface area contributed by atoms with Crippen LogP contribution in [0.15, 0.2) is 29.0 Å². The number of piperidine rings is 1. The Morgan fingerprint density at radius 1 is 1.38 bits per heavy atom. The van der Waals surface area contributed by atoms with Gasteiger partial charge in [0.1, 0.15) is 5.52 Å². The molecule has 0 atom stereocenters. The van der Waals surface area contributed by atoms with Gasteiger partial charge in [0.2, 0.25) is 5.91 Å². The third kappa shape index (κ3) is 3.15. The Kier molecular flexibility index (Phi) is 4.05. The van der Waals surface area contributed by atoms with Crippen LogP contribution in [-0.2, 0) is 4.79 Å². The maximum atomic E-state index is 11.1. The SMILES string of the molecule is CC(=O)NC1CCN(c2ccnc3cc(Br)cnc23)CC1. The van der Waals surface area contributed by atoms with Crippen LogP contribution in [-0.4, -0.2) is 35.0 Å². The van der Waals surface area contributed by atoms with E-state index in [4.69, 9.17) is 0 Å². The molecular formula is C15H17BrN4O. The number of amides is 1. The van der Waals surface area contributed by atoms with Crippen LogP contribution >= 0.6 is 15.9 Å². The summed E-state index contributed by atoms with van der Waals surface area (Å²) >= 11 is 3.43. The van der Waals surface area contributed by atoms with Gasteiger partial charge in [-0.2, -0.15) is 0 Å². The van der Waals surface area contributed by atoms with Gasteiger partial charge in [0.05, 0.1) is 11.2 Å². The van der Waals surface area contributed by atoms with Gasteiger partial charge in [-0.3, -0.25) is 14.8 Å². The number of anilines is 1. The predicted molar refractivity (Wildman–Crippen MR) is 86.3 cm³/mol. The largest absolute Gasteiger partial charge is 0.370 e. The molecule has 6 heteroatoms. The van der Waals surface area contributed by atoms with E-state index >= 15 is 0 Å². The molecule has 3 rings (SSSR count). The average molecular weight is 349 g/mol. The van der Waals surface area contributed by atoms with E-state index in [0.717, 1.165) is 47.1 Å². The molecule has 0 radical (unpaired) electrons. The van der Waals surface area contributed by atoms with Crippen LogP contribution in [0, 0.1) is 0 Å². The summed E-state index contributed by atoms with van der Waals surface area (Å²) in [5.41, 5.74) is 2.94. The predicted octanol–water partition coefficient (Wildman–Crippen LogP) is 2.50. The Bertz CT molecular complexity index is 668. The Hall–Kier alpha value is -1.69. The first-order valence-electron chi connectivity index (χ1n) is 7.06. The summed E-state index contributed by atoms with van der Waals surface area (Å²) in [7, 11) is 0. The van der Waals surface area contributed by atoms with E-state index in [2.05, 4.69) is 36.1 Å². The van der Waals surface area contributed by atoms with Crippen LogP contribution in [0.1, 0.15) is 19.8 Å². The summed E-state index contributed by atoms with van der Waals surface area (Å²) in [6, 6.07) is 4.28. The number of hydrogen-bond acceptors (Lipinski definition) is 4. The summed E-state index contributed by atoms with van der Waals surface area (Å²) in [5, 5.41) is 3.00. The lowest BCUT2D eigenvalue weighted by Crippen LogP contribution is -2.44. The Morgan fingerprint density at radius 3 is 2.86 bits per heavy atom. The molecule has 0 bridgehead atoms. The Balaban J connectivity index is 1.81. The molecule has 1 aliphatic heterocycles. The number of pyridine rings is 2. The van der Waals surface area contributed by atoms with Crippen LogP contribution in [0.4, 0.5) is 5.69 Å². The first-order valence-corrected chi connectivity index (χ1v) is 7.85. The van der Waals surface area contributed by atoms with E-state index in [1.54, 1.807) is 13.1 Å². The van der Waals surface area contributed by atoms with E-state index in [1.165, 1.54) is 0 Å². The molecule has 0 spiro atoms. The zero-order chi connectivity index (χ0) is 14.8. The van der Waals surface area contributed by atoms with Crippen LogP contribution in [0.5, 0.6) is 0 Å². The maximum Gasteiger partial charge on any atom is 0.217 e. The van der Waals surface area contributed by atoms with E-state index in [-0.39, 0.29) is 11.9 Å². The highest BCUT2D eigenvalue weighted by atomic mass is 79.9. The van der Waals surface area contributed by atoms with Crippen molar-refractivity contribution in [2.45, 2.75) is 25.8 Å². The summed E-state index contributed by atoms with van der Waals surface area (Å²) in [4.78, 5) is 22.3. The van der Waals surface area contributed by atoms with Crippen molar-refractivity contribution in [1.29, 1.82) is 0 Å². The fourth-order valence-electron chi connectivity index (χ4n) is 2.80. The fraction of sp³-hybridized carbons (Fsp3) is 0.400. The van der Waals surface area contributed by atoms with Gasteiger partial charge in [0.15, 0.2) is 0 Å². The topological polar surface area (TPSA) is 58.1 Å². The first kappa shape index (κ1) is 14.3. The Labute approximate surface area is 131 Å². The number of carbonyl (C=O) groups excluding carboxylic acids is 1. The molecule has 0 unspecified atom stereocenters. The van der Waals surface area contributed by atoms with Gasteiger partial charge in [-0.1, -0.05) is 0 Å². The minimum Gasteiger partial charge on any atom is -0.370 e. The lowest BCUT2D eigenvalue weighted by atomic mass is 10.0.